The number of ether oxygens (including phenoxy) is 1. The molecule has 0 spiro atoms. The standard InChI is InChI=1S/C16H20ClN3O4/c1-12(21)18(6-7-24-2)9-15(22)19-10-16(23)20(11-19)14-5-3-4-13(17)8-14/h3-5,8H,6-7,9-11H2,1-2H3. The van der Waals surface area contributed by atoms with Gasteiger partial charge >= 0.3 is 0 Å². The molecule has 0 atom stereocenters. The van der Waals surface area contributed by atoms with Gasteiger partial charge in [0.25, 0.3) is 0 Å². The number of rotatable bonds is 6. The van der Waals surface area contributed by atoms with Crippen molar-refractivity contribution >= 4 is 35.0 Å². The number of nitrogens with zero attached hydrogens (tertiary/aromatic N) is 3. The number of benzene rings is 1. The van der Waals surface area contributed by atoms with E-state index in [9.17, 15) is 14.4 Å². The van der Waals surface area contributed by atoms with Gasteiger partial charge in [0.15, 0.2) is 0 Å². The molecule has 7 nitrogen and oxygen atoms in total. The van der Waals surface area contributed by atoms with Crippen LogP contribution >= 0.6 is 11.6 Å². The third kappa shape index (κ3) is 4.46. The van der Waals surface area contributed by atoms with Gasteiger partial charge in [-0.25, -0.2) is 0 Å². The molecule has 1 aromatic rings. The molecule has 24 heavy (non-hydrogen) atoms. The zero-order chi connectivity index (χ0) is 17.7. The average Bonchev–Trinajstić information content (AvgIpc) is 2.93. The van der Waals surface area contributed by atoms with Crippen molar-refractivity contribution < 1.29 is 19.1 Å². The second-order valence-corrected chi connectivity index (χ2v) is 5.90. The lowest BCUT2D eigenvalue weighted by atomic mass is 10.3. The SMILES string of the molecule is COCCN(CC(=O)N1CC(=O)N(c2cccc(Cl)c2)C1)C(C)=O. The molecule has 1 fully saturated rings. The molecule has 8 heteroatoms. The Labute approximate surface area is 145 Å². The third-order valence-electron chi connectivity index (χ3n) is 3.75. The van der Waals surface area contributed by atoms with Crippen molar-refractivity contribution in [3.05, 3.63) is 29.3 Å². The van der Waals surface area contributed by atoms with Gasteiger partial charge in [-0.3, -0.25) is 19.3 Å². The van der Waals surface area contributed by atoms with E-state index in [0.717, 1.165) is 0 Å². The first-order chi connectivity index (χ1) is 11.4. The quantitative estimate of drug-likeness (QED) is 0.764. The second kappa shape index (κ2) is 8.12. The number of carbonyl (C=O) groups excluding carboxylic acids is 3. The number of methoxy groups -OCH3 is 1. The van der Waals surface area contributed by atoms with Crippen LogP contribution in [0, 0.1) is 0 Å². The van der Waals surface area contributed by atoms with Crippen LogP contribution in [0.5, 0.6) is 0 Å². The van der Waals surface area contributed by atoms with Crippen LogP contribution in [0.4, 0.5) is 5.69 Å². The van der Waals surface area contributed by atoms with Gasteiger partial charge in [-0.05, 0) is 18.2 Å². The van der Waals surface area contributed by atoms with E-state index in [0.29, 0.717) is 23.9 Å². The van der Waals surface area contributed by atoms with Crippen LogP contribution < -0.4 is 4.90 Å². The smallest absolute Gasteiger partial charge is 0.248 e. The molecule has 1 aromatic carbocycles. The Hall–Kier alpha value is -2.12. The van der Waals surface area contributed by atoms with Crippen molar-refractivity contribution in [1.82, 2.24) is 9.80 Å². The molecule has 0 unspecified atom stereocenters. The minimum Gasteiger partial charge on any atom is -0.383 e. The molecule has 1 aliphatic rings. The maximum absolute atomic E-state index is 12.4. The Morgan fingerprint density at radius 1 is 1.38 bits per heavy atom. The van der Waals surface area contributed by atoms with Gasteiger partial charge in [0.1, 0.15) is 13.2 Å². The minimum atomic E-state index is -0.279. The zero-order valence-electron chi connectivity index (χ0n) is 13.7. The van der Waals surface area contributed by atoms with Crippen LogP contribution in [-0.4, -0.2) is 67.5 Å². The highest BCUT2D eigenvalue weighted by atomic mass is 35.5. The lowest BCUT2D eigenvalue weighted by Crippen LogP contribution is -2.43. The molecule has 0 N–H and O–H groups in total. The number of carbonyl (C=O) groups is 3. The van der Waals surface area contributed by atoms with Gasteiger partial charge in [0, 0.05) is 31.3 Å². The number of anilines is 1. The molecule has 130 valence electrons. The first-order valence-corrected chi connectivity index (χ1v) is 7.88. The topological polar surface area (TPSA) is 70.2 Å². The van der Waals surface area contributed by atoms with Gasteiger partial charge in [-0.1, -0.05) is 17.7 Å². The van der Waals surface area contributed by atoms with Crippen LogP contribution in [0.15, 0.2) is 24.3 Å². The first kappa shape index (κ1) is 18.2. The van der Waals surface area contributed by atoms with Crippen molar-refractivity contribution in [2.45, 2.75) is 6.92 Å². The maximum Gasteiger partial charge on any atom is 0.248 e. The molecular weight excluding hydrogens is 334 g/mol. The second-order valence-electron chi connectivity index (χ2n) is 5.47. The summed E-state index contributed by atoms with van der Waals surface area (Å²) in [4.78, 5) is 40.5. The van der Waals surface area contributed by atoms with E-state index in [4.69, 9.17) is 16.3 Å². The highest BCUT2D eigenvalue weighted by molar-refractivity contribution is 6.31. The molecule has 0 bridgehead atoms. The van der Waals surface area contributed by atoms with Gasteiger partial charge in [-0.2, -0.15) is 0 Å². The van der Waals surface area contributed by atoms with Gasteiger partial charge in [-0.15, -0.1) is 0 Å². The molecule has 0 radical (unpaired) electrons. The van der Waals surface area contributed by atoms with Gasteiger partial charge in [0.2, 0.25) is 17.7 Å². The van der Waals surface area contributed by atoms with E-state index >= 15 is 0 Å². The fourth-order valence-corrected chi connectivity index (χ4v) is 2.58. The Balaban J connectivity index is 2.01. The minimum absolute atomic E-state index is 0.0125. The highest BCUT2D eigenvalue weighted by Crippen LogP contribution is 2.22. The van der Waals surface area contributed by atoms with Gasteiger partial charge in [0.05, 0.1) is 13.2 Å². The Kier molecular flexibility index (Phi) is 6.16. The monoisotopic (exact) mass is 353 g/mol. The van der Waals surface area contributed by atoms with Crippen LogP contribution in [0.1, 0.15) is 6.92 Å². The van der Waals surface area contributed by atoms with E-state index < -0.39 is 0 Å². The summed E-state index contributed by atoms with van der Waals surface area (Å²) in [5, 5.41) is 0.521. The summed E-state index contributed by atoms with van der Waals surface area (Å²) in [6, 6.07) is 6.90. The largest absolute Gasteiger partial charge is 0.383 e. The number of amides is 3. The molecular formula is C16H20ClN3O4. The average molecular weight is 354 g/mol. The van der Waals surface area contributed by atoms with Crippen molar-refractivity contribution in [2.75, 3.05) is 44.9 Å². The lowest BCUT2D eigenvalue weighted by Gasteiger charge is -2.23. The van der Waals surface area contributed by atoms with Crippen LogP contribution in [0.25, 0.3) is 0 Å². The van der Waals surface area contributed by atoms with E-state index in [1.165, 1.54) is 28.7 Å². The fraction of sp³-hybridized carbons (Fsp3) is 0.438. The van der Waals surface area contributed by atoms with E-state index in [1.807, 2.05) is 0 Å². The molecule has 1 heterocycles. The predicted molar refractivity (Wildman–Crippen MR) is 89.6 cm³/mol. The fourth-order valence-electron chi connectivity index (χ4n) is 2.40. The Bertz CT molecular complexity index is 638. The van der Waals surface area contributed by atoms with Crippen LogP contribution in [0.2, 0.25) is 5.02 Å². The summed E-state index contributed by atoms with van der Waals surface area (Å²) >= 11 is 5.95. The Morgan fingerprint density at radius 3 is 2.75 bits per heavy atom. The summed E-state index contributed by atoms with van der Waals surface area (Å²) in [7, 11) is 1.53. The lowest BCUT2D eigenvalue weighted by molar-refractivity contribution is -0.139. The Morgan fingerprint density at radius 2 is 2.12 bits per heavy atom. The molecule has 3 amide bonds. The molecule has 0 aromatic heterocycles. The number of halogens is 1. The predicted octanol–water partition coefficient (Wildman–Crippen LogP) is 0.968. The molecule has 0 aliphatic carbocycles. The third-order valence-corrected chi connectivity index (χ3v) is 3.98. The molecule has 0 saturated carbocycles. The molecule has 2 rings (SSSR count). The number of hydrogen-bond donors (Lipinski definition) is 0. The van der Waals surface area contributed by atoms with E-state index in [1.54, 1.807) is 24.3 Å². The van der Waals surface area contributed by atoms with E-state index in [-0.39, 0.29) is 37.5 Å². The molecule has 1 aliphatic heterocycles. The van der Waals surface area contributed by atoms with E-state index in [2.05, 4.69) is 0 Å². The van der Waals surface area contributed by atoms with Crippen molar-refractivity contribution in [3.63, 3.8) is 0 Å². The van der Waals surface area contributed by atoms with Crippen molar-refractivity contribution in [2.24, 2.45) is 0 Å². The maximum atomic E-state index is 12.4. The summed E-state index contributed by atoms with van der Waals surface area (Å²) < 4.78 is 4.94. The van der Waals surface area contributed by atoms with Gasteiger partial charge < -0.3 is 14.5 Å². The van der Waals surface area contributed by atoms with Crippen molar-refractivity contribution in [1.29, 1.82) is 0 Å². The molecule has 1 saturated heterocycles. The van der Waals surface area contributed by atoms with Crippen molar-refractivity contribution in [3.8, 4) is 0 Å². The summed E-state index contributed by atoms with van der Waals surface area (Å²) in [5.74, 6) is -0.673. The normalized spacial score (nSPS) is 14.2. The zero-order valence-corrected chi connectivity index (χ0v) is 14.5. The van der Waals surface area contributed by atoms with Crippen LogP contribution in [0.3, 0.4) is 0 Å². The number of hydrogen-bond acceptors (Lipinski definition) is 4. The summed E-state index contributed by atoms with van der Waals surface area (Å²) in [5.41, 5.74) is 0.644. The summed E-state index contributed by atoms with van der Waals surface area (Å²) in [6.07, 6.45) is 0. The summed E-state index contributed by atoms with van der Waals surface area (Å²) in [6.45, 7) is 2.14. The first-order valence-electron chi connectivity index (χ1n) is 7.50. The van der Waals surface area contributed by atoms with Crippen LogP contribution in [-0.2, 0) is 19.1 Å². The highest BCUT2D eigenvalue weighted by Gasteiger charge is 2.32.